The molecule has 0 amide bonds. The minimum absolute atomic E-state index is 0.252. The maximum atomic E-state index is 13.0. The van der Waals surface area contributed by atoms with Crippen LogP contribution in [0.15, 0.2) is 76.2 Å². The third-order valence-electron chi connectivity index (χ3n) is 6.63. The third-order valence-corrected chi connectivity index (χ3v) is 6.63. The van der Waals surface area contributed by atoms with Gasteiger partial charge in [-0.15, -0.1) is 0 Å². The van der Waals surface area contributed by atoms with Crippen LogP contribution in [0, 0.1) is 0 Å². The van der Waals surface area contributed by atoms with Crippen LogP contribution in [0.3, 0.4) is 0 Å². The third kappa shape index (κ3) is 3.23. The molecule has 0 radical (unpaired) electrons. The fraction of sp³-hybridized carbons (Fsp3) is 0.259. The number of nitrogens with zero attached hydrogens (tertiary/aromatic N) is 2. The molecule has 0 spiro atoms. The lowest BCUT2D eigenvalue weighted by Crippen LogP contribution is -2.34. The number of fused-ring (bicyclic) bond motifs is 2. The van der Waals surface area contributed by atoms with Crippen molar-refractivity contribution in [1.29, 1.82) is 0 Å². The maximum absolute atomic E-state index is 13.0. The Morgan fingerprint density at radius 2 is 1.71 bits per heavy atom. The SMILES string of the molecule is O=c1oc2c3c4c(cc2cc1-c1cc[n+](Cc2ccccc2)cc1)CCCN4CCC3. The fourth-order valence-electron chi connectivity index (χ4n) is 5.18. The number of benzene rings is 2. The molecule has 0 N–H and O–H groups in total. The lowest BCUT2D eigenvalue weighted by Gasteiger charge is -2.37. The highest BCUT2D eigenvalue weighted by molar-refractivity contribution is 5.90. The van der Waals surface area contributed by atoms with Gasteiger partial charge in [-0.25, -0.2) is 9.36 Å². The molecule has 4 nitrogen and oxygen atoms in total. The number of rotatable bonds is 3. The molecule has 2 aliphatic heterocycles. The van der Waals surface area contributed by atoms with E-state index in [0.717, 1.165) is 55.4 Å². The van der Waals surface area contributed by atoms with Gasteiger partial charge < -0.3 is 9.32 Å². The topological polar surface area (TPSA) is 37.3 Å². The Morgan fingerprint density at radius 3 is 2.52 bits per heavy atom. The van der Waals surface area contributed by atoms with E-state index in [2.05, 4.69) is 39.8 Å². The van der Waals surface area contributed by atoms with Gasteiger partial charge in [-0.1, -0.05) is 30.3 Å². The Kier molecular flexibility index (Phi) is 4.37. The van der Waals surface area contributed by atoms with Crippen molar-refractivity contribution in [2.24, 2.45) is 0 Å². The highest BCUT2D eigenvalue weighted by Gasteiger charge is 2.27. The van der Waals surface area contributed by atoms with Gasteiger partial charge in [-0.2, -0.15) is 0 Å². The van der Waals surface area contributed by atoms with E-state index in [4.69, 9.17) is 4.42 Å². The molecular weight excluding hydrogens is 384 g/mol. The smallest absolute Gasteiger partial charge is 0.344 e. The average Bonchev–Trinajstić information content (AvgIpc) is 2.81. The van der Waals surface area contributed by atoms with E-state index < -0.39 is 0 Å². The van der Waals surface area contributed by atoms with Gasteiger partial charge in [0.25, 0.3) is 0 Å². The van der Waals surface area contributed by atoms with Gasteiger partial charge >= 0.3 is 5.63 Å². The summed E-state index contributed by atoms with van der Waals surface area (Å²) >= 11 is 0. The standard InChI is InChI=1S/C27H25N2O2/c30-27-24(20-10-14-28(15-11-20)18-19-6-2-1-3-7-19)17-22-16-21-8-4-12-29-13-5-9-23(25(21)29)26(22)31-27/h1-3,6-7,10-11,14-17H,4-5,8-9,12-13,18H2/q+1. The summed E-state index contributed by atoms with van der Waals surface area (Å²) in [4.78, 5) is 15.4. The molecule has 0 unspecified atom stereocenters. The molecule has 0 aliphatic carbocycles. The van der Waals surface area contributed by atoms with Gasteiger partial charge in [0, 0.05) is 53.0 Å². The summed E-state index contributed by atoms with van der Waals surface area (Å²) in [5.74, 6) is 0. The second-order valence-electron chi connectivity index (χ2n) is 8.67. The second kappa shape index (κ2) is 7.38. The summed E-state index contributed by atoms with van der Waals surface area (Å²) < 4.78 is 8.08. The van der Waals surface area contributed by atoms with E-state index in [-0.39, 0.29) is 5.63 Å². The molecule has 4 heteroatoms. The summed E-state index contributed by atoms with van der Waals surface area (Å²) in [7, 11) is 0. The quantitative estimate of drug-likeness (QED) is 0.369. The number of hydrogen-bond acceptors (Lipinski definition) is 3. The maximum Gasteiger partial charge on any atom is 0.344 e. The number of aromatic nitrogens is 1. The number of hydrogen-bond donors (Lipinski definition) is 0. The molecular formula is C27H25N2O2+. The number of pyridine rings is 1. The number of aryl methyl sites for hydroxylation is 2. The van der Waals surface area contributed by atoms with Crippen molar-refractivity contribution < 1.29 is 8.98 Å². The van der Waals surface area contributed by atoms with Crippen LogP contribution in [-0.4, -0.2) is 13.1 Å². The Balaban J connectivity index is 1.40. The van der Waals surface area contributed by atoms with E-state index in [1.807, 2.05) is 36.7 Å². The van der Waals surface area contributed by atoms with Crippen LogP contribution in [-0.2, 0) is 19.4 Å². The van der Waals surface area contributed by atoms with Crippen molar-refractivity contribution in [1.82, 2.24) is 0 Å². The van der Waals surface area contributed by atoms with Gasteiger partial charge in [-0.3, -0.25) is 0 Å². The Morgan fingerprint density at radius 1 is 0.935 bits per heavy atom. The van der Waals surface area contributed by atoms with E-state index in [0.29, 0.717) is 5.56 Å². The minimum Gasteiger partial charge on any atom is -0.422 e. The molecule has 2 aliphatic rings. The van der Waals surface area contributed by atoms with Gasteiger partial charge in [0.2, 0.25) is 0 Å². The molecule has 31 heavy (non-hydrogen) atoms. The van der Waals surface area contributed by atoms with Crippen molar-refractivity contribution >= 4 is 16.7 Å². The first kappa shape index (κ1) is 18.4. The van der Waals surface area contributed by atoms with Crippen LogP contribution in [0.1, 0.15) is 29.5 Å². The zero-order chi connectivity index (χ0) is 20.8. The molecule has 0 bridgehead atoms. The normalized spacial score (nSPS) is 15.2. The van der Waals surface area contributed by atoms with Crippen LogP contribution in [0.2, 0.25) is 0 Å². The largest absolute Gasteiger partial charge is 0.422 e. The van der Waals surface area contributed by atoms with E-state index in [1.54, 1.807) is 0 Å². The lowest BCUT2D eigenvalue weighted by atomic mass is 9.89. The molecule has 6 rings (SSSR count). The van der Waals surface area contributed by atoms with Gasteiger partial charge in [0.15, 0.2) is 18.9 Å². The zero-order valence-corrected chi connectivity index (χ0v) is 17.5. The summed E-state index contributed by atoms with van der Waals surface area (Å²) in [6.07, 6.45) is 8.47. The van der Waals surface area contributed by atoms with Crippen molar-refractivity contribution in [3.63, 3.8) is 0 Å². The molecule has 0 saturated heterocycles. The first-order valence-corrected chi connectivity index (χ1v) is 11.2. The van der Waals surface area contributed by atoms with Crippen LogP contribution in [0.4, 0.5) is 5.69 Å². The highest BCUT2D eigenvalue weighted by Crippen LogP contribution is 2.40. The molecule has 0 fully saturated rings. The molecule has 2 aromatic heterocycles. The highest BCUT2D eigenvalue weighted by atomic mass is 16.4. The van der Waals surface area contributed by atoms with E-state index in [9.17, 15) is 4.79 Å². The number of anilines is 1. The van der Waals surface area contributed by atoms with Crippen molar-refractivity contribution in [2.45, 2.75) is 32.2 Å². The van der Waals surface area contributed by atoms with Crippen LogP contribution >= 0.6 is 0 Å². The average molecular weight is 410 g/mol. The lowest BCUT2D eigenvalue weighted by molar-refractivity contribution is -0.688. The molecule has 4 aromatic rings. The zero-order valence-electron chi connectivity index (χ0n) is 17.5. The first-order chi connectivity index (χ1) is 15.3. The van der Waals surface area contributed by atoms with Crippen LogP contribution in [0.25, 0.3) is 22.1 Å². The van der Waals surface area contributed by atoms with Crippen LogP contribution in [0.5, 0.6) is 0 Å². The molecule has 4 heterocycles. The monoisotopic (exact) mass is 409 g/mol. The van der Waals surface area contributed by atoms with E-state index in [1.165, 1.54) is 28.8 Å². The molecule has 2 aromatic carbocycles. The molecule has 154 valence electrons. The molecule has 0 saturated carbocycles. The van der Waals surface area contributed by atoms with E-state index >= 15 is 0 Å². The summed E-state index contributed by atoms with van der Waals surface area (Å²) in [6.45, 7) is 3.03. The predicted molar refractivity (Wildman–Crippen MR) is 123 cm³/mol. The Labute approximate surface area is 181 Å². The van der Waals surface area contributed by atoms with Gasteiger partial charge in [-0.05, 0) is 43.4 Å². The Hall–Kier alpha value is -3.40. The second-order valence-corrected chi connectivity index (χ2v) is 8.67. The predicted octanol–water partition coefficient (Wildman–Crippen LogP) is 4.49. The first-order valence-electron chi connectivity index (χ1n) is 11.2. The Bertz CT molecular complexity index is 1320. The van der Waals surface area contributed by atoms with Crippen molar-refractivity contribution in [3.8, 4) is 11.1 Å². The summed E-state index contributed by atoms with van der Waals surface area (Å²) in [5, 5.41) is 1.05. The minimum atomic E-state index is -0.252. The fourth-order valence-corrected chi connectivity index (χ4v) is 5.18. The van der Waals surface area contributed by atoms with Gasteiger partial charge in [0.1, 0.15) is 5.58 Å². The summed E-state index contributed by atoms with van der Waals surface area (Å²) in [5.41, 5.74) is 7.29. The van der Waals surface area contributed by atoms with Crippen molar-refractivity contribution in [3.05, 3.63) is 94.1 Å². The van der Waals surface area contributed by atoms with Gasteiger partial charge in [0.05, 0.1) is 5.56 Å². The molecule has 0 atom stereocenters. The summed E-state index contributed by atoms with van der Waals surface area (Å²) in [6, 6.07) is 18.7. The van der Waals surface area contributed by atoms with Crippen LogP contribution < -0.4 is 15.1 Å². The van der Waals surface area contributed by atoms with Crippen molar-refractivity contribution in [2.75, 3.05) is 18.0 Å².